The number of pyridine rings is 1. The van der Waals surface area contributed by atoms with Gasteiger partial charge >= 0.3 is 0 Å². The Morgan fingerprint density at radius 2 is 2.17 bits per heavy atom. The average Bonchev–Trinajstić information content (AvgIpc) is 2.30. The number of nitrogens with one attached hydrogen (secondary N) is 1. The number of thioether (sulfide) groups is 1. The van der Waals surface area contributed by atoms with Crippen LogP contribution < -0.4 is 5.32 Å². The second-order valence-electron chi connectivity index (χ2n) is 5.14. The zero-order valence-corrected chi connectivity index (χ0v) is 12.8. The van der Waals surface area contributed by atoms with Crippen molar-refractivity contribution >= 4 is 11.8 Å². The van der Waals surface area contributed by atoms with Crippen molar-refractivity contribution < 1.29 is 0 Å². The average molecular weight is 267 g/mol. The Hall–Kier alpha value is -0.580. The normalized spacial score (nSPS) is 11.4. The van der Waals surface area contributed by atoms with Gasteiger partial charge in [0.25, 0.3) is 0 Å². The van der Waals surface area contributed by atoms with Gasteiger partial charge in [-0.1, -0.05) is 19.9 Å². The molecule has 0 amide bonds. The van der Waals surface area contributed by atoms with Crippen molar-refractivity contribution in [2.24, 2.45) is 5.92 Å². The second-order valence-corrected chi connectivity index (χ2v) is 6.23. The summed E-state index contributed by atoms with van der Waals surface area (Å²) in [4.78, 5) is 6.68. The summed E-state index contributed by atoms with van der Waals surface area (Å²) in [6.45, 7) is 7.50. The van der Waals surface area contributed by atoms with E-state index in [4.69, 9.17) is 0 Å². The van der Waals surface area contributed by atoms with Gasteiger partial charge in [-0.05, 0) is 38.2 Å². The van der Waals surface area contributed by atoms with Crippen LogP contribution in [0, 0.1) is 5.92 Å². The first kappa shape index (κ1) is 15.5. The zero-order chi connectivity index (χ0) is 13.4. The van der Waals surface area contributed by atoms with Gasteiger partial charge in [0.05, 0.1) is 0 Å². The number of hydrogen-bond acceptors (Lipinski definition) is 4. The molecule has 0 radical (unpaired) electrons. The predicted molar refractivity (Wildman–Crippen MR) is 80.1 cm³/mol. The lowest BCUT2D eigenvalue weighted by Gasteiger charge is -2.12. The molecule has 0 aliphatic heterocycles. The van der Waals surface area contributed by atoms with Gasteiger partial charge in [-0.3, -0.25) is 0 Å². The molecule has 0 bridgehead atoms. The Morgan fingerprint density at radius 1 is 1.39 bits per heavy atom. The second kappa shape index (κ2) is 8.51. The monoisotopic (exact) mass is 267 g/mol. The molecule has 0 spiro atoms. The molecule has 0 aromatic carbocycles. The van der Waals surface area contributed by atoms with Gasteiger partial charge in [-0.2, -0.15) is 0 Å². The van der Waals surface area contributed by atoms with E-state index >= 15 is 0 Å². The molecule has 0 fully saturated rings. The Labute approximate surface area is 115 Å². The maximum atomic E-state index is 4.48. The summed E-state index contributed by atoms with van der Waals surface area (Å²) >= 11 is 1.84. The van der Waals surface area contributed by atoms with Gasteiger partial charge in [0.2, 0.25) is 0 Å². The Kier molecular flexibility index (Phi) is 7.32. The molecule has 1 heterocycles. The van der Waals surface area contributed by atoms with Gasteiger partial charge in [-0.25, -0.2) is 4.98 Å². The number of rotatable bonds is 8. The highest BCUT2D eigenvalue weighted by atomic mass is 32.2. The fourth-order valence-electron chi connectivity index (χ4n) is 1.51. The molecule has 0 unspecified atom stereocenters. The molecule has 1 aromatic heterocycles. The van der Waals surface area contributed by atoms with Gasteiger partial charge in [-0.15, -0.1) is 11.8 Å². The summed E-state index contributed by atoms with van der Waals surface area (Å²) in [5.41, 5.74) is 1.31. The van der Waals surface area contributed by atoms with Crippen LogP contribution in [-0.4, -0.2) is 42.8 Å². The molecule has 1 rings (SSSR count). The summed E-state index contributed by atoms with van der Waals surface area (Å²) in [6.07, 6.45) is 1.88. The summed E-state index contributed by atoms with van der Waals surface area (Å²) < 4.78 is 0. The zero-order valence-electron chi connectivity index (χ0n) is 11.9. The van der Waals surface area contributed by atoms with Crippen molar-refractivity contribution in [3.63, 3.8) is 0 Å². The molecule has 0 aliphatic rings. The Morgan fingerprint density at radius 3 is 2.83 bits per heavy atom. The topological polar surface area (TPSA) is 28.2 Å². The van der Waals surface area contributed by atoms with Crippen molar-refractivity contribution in [2.75, 3.05) is 32.9 Å². The molecule has 1 N–H and O–H groups in total. The van der Waals surface area contributed by atoms with Crippen molar-refractivity contribution in [1.82, 2.24) is 15.2 Å². The maximum Gasteiger partial charge on any atom is 0.100 e. The SMILES string of the molecule is CC(C)CNCc1cccnc1SCCN(C)C. The van der Waals surface area contributed by atoms with Crippen molar-refractivity contribution in [2.45, 2.75) is 25.4 Å². The number of hydrogen-bond donors (Lipinski definition) is 1. The molecule has 4 heteroatoms. The number of aromatic nitrogens is 1. The van der Waals surface area contributed by atoms with Crippen LogP contribution in [0.5, 0.6) is 0 Å². The Balaban J connectivity index is 2.45. The lowest BCUT2D eigenvalue weighted by Crippen LogP contribution is -2.19. The summed E-state index contributed by atoms with van der Waals surface area (Å²) in [5.74, 6) is 1.77. The molecule has 102 valence electrons. The first-order chi connectivity index (χ1) is 8.59. The van der Waals surface area contributed by atoms with E-state index in [1.165, 1.54) is 5.56 Å². The van der Waals surface area contributed by atoms with Crippen LogP contribution in [0.4, 0.5) is 0 Å². The molecular weight excluding hydrogens is 242 g/mol. The summed E-state index contributed by atoms with van der Waals surface area (Å²) in [5, 5.41) is 4.64. The van der Waals surface area contributed by atoms with E-state index in [0.717, 1.165) is 30.4 Å². The third-order valence-electron chi connectivity index (χ3n) is 2.50. The smallest absolute Gasteiger partial charge is 0.100 e. The van der Waals surface area contributed by atoms with E-state index in [9.17, 15) is 0 Å². The standard InChI is InChI=1S/C14H25N3S/c1-12(2)10-15-11-13-6-5-7-16-14(13)18-9-8-17(3)4/h5-7,12,15H,8-11H2,1-4H3. The minimum absolute atomic E-state index is 0.687. The number of nitrogens with zero attached hydrogens (tertiary/aromatic N) is 2. The molecular formula is C14H25N3S. The van der Waals surface area contributed by atoms with Gasteiger partial charge < -0.3 is 10.2 Å². The van der Waals surface area contributed by atoms with E-state index in [-0.39, 0.29) is 0 Å². The van der Waals surface area contributed by atoms with E-state index in [1.54, 1.807) is 0 Å². The lowest BCUT2D eigenvalue weighted by atomic mass is 10.2. The minimum atomic E-state index is 0.687. The molecule has 18 heavy (non-hydrogen) atoms. The van der Waals surface area contributed by atoms with Crippen LogP contribution in [0.2, 0.25) is 0 Å². The van der Waals surface area contributed by atoms with Gasteiger partial charge in [0.1, 0.15) is 5.03 Å². The van der Waals surface area contributed by atoms with Crippen molar-refractivity contribution in [3.05, 3.63) is 23.9 Å². The highest BCUT2D eigenvalue weighted by Gasteiger charge is 2.04. The summed E-state index contributed by atoms with van der Waals surface area (Å²) in [6, 6.07) is 4.18. The highest BCUT2D eigenvalue weighted by molar-refractivity contribution is 7.99. The van der Waals surface area contributed by atoms with E-state index in [2.05, 4.69) is 49.2 Å². The van der Waals surface area contributed by atoms with Crippen molar-refractivity contribution in [1.29, 1.82) is 0 Å². The van der Waals surface area contributed by atoms with Gasteiger partial charge in [0.15, 0.2) is 0 Å². The van der Waals surface area contributed by atoms with E-state index in [1.807, 2.05) is 24.0 Å². The molecule has 0 saturated heterocycles. The summed E-state index contributed by atoms with van der Waals surface area (Å²) in [7, 11) is 4.20. The molecule has 0 atom stereocenters. The van der Waals surface area contributed by atoms with Crippen LogP contribution in [0.25, 0.3) is 0 Å². The fraction of sp³-hybridized carbons (Fsp3) is 0.643. The minimum Gasteiger partial charge on any atom is -0.312 e. The fourth-order valence-corrected chi connectivity index (χ4v) is 2.62. The molecule has 1 aromatic rings. The van der Waals surface area contributed by atoms with E-state index in [0.29, 0.717) is 5.92 Å². The molecule has 0 aliphatic carbocycles. The third kappa shape index (κ3) is 6.38. The third-order valence-corrected chi connectivity index (χ3v) is 3.52. The van der Waals surface area contributed by atoms with Gasteiger partial charge in [0, 0.05) is 25.0 Å². The van der Waals surface area contributed by atoms with Crippen LogP contribution in [-0.2, 0) is 6.54 Å². The van der Waals surface area contributed by atoms with Crippen LogP contribution >= 0.6 is 11.8 Å². The maximum absolute atomic E-state index is 4.48. The van der Waals surface area contributed by atoms with Crippen LogP contribution in [0.1, 0.15) is 19.4 Å². The lowest BCUT2D eigenvalue weighted by molar-refractivity contribution is 0.437. The van der Waals surface area contributed by atoms with Crippen LogP contribution in [0.3, 0.4) is 0 Å². The van der Waals surface area contributed by atoms with E-state index < -0.39 is 0 Å². The predicted octanol–water partition coefficient (Wildman–Crippen LogP) is 2.48. The first-order valence-corrected chi connectivity index (χ1v) is 7.50. The quantitative estimate of drug-likeness (QED) is 0.733. The van der Waals surface area contributed by atoms with Crippen molar-refractivity contribution in [3.8, 4) is 0 Å². The molecule has 0 saturated carbocycles. The largest absolute Gasteiger partial charge is 0.312 e. The molecule has 3 nitrogen and oxygen atoms in total. The van der Waals surface area contributed by atoms with Crippen LogP contribution in [0.15, 0.2) is 23.4 Å². The Bertz CT molecular complexity index is 307. The first-order valence-electron chi connectivity index (χ1n) is 6.51. The highest BCUT2D eigenvalue weighted by Crippen LogP contribution is 2.19.